The molecule has 0 saturated heterocycles. The molecule has 2 nitrogen and oxygen atoms in total. The molecule has 0 heterocycles. The summed E-state index contributed by atoms with van der Waals surface area (Å²) >= 11 is 0. The van der Waals surface area contributed by atoms with E-state index in [1.165, 1.54) is 0 Å². The van der Waals surface area contributed by atoms with Gasteiger partial charge in [0.2, 0.25) is 0 Å². The van der Waals surface area contributed by atoms with E-state index in [0.29, 0.717) is 5.92 Å². The first-order chi connectivity index (χ1) is 7.89. The lowest BCUT2D eigenvalue weighted by Gasteiger charge is -2.19. The summed E-state index contributed by atoms with van der Waals surface area (Å²) in [6.07, 6.45) is 0.887. The minimum absolute atomic E-state index is 0.0118. The zero-order valence-electron chi connectivity index (χ0n) is 10.7. The van der Waals surface area contributed by atoms with Crippen molar-refractivity contribution in [1.82, 2.24) is 0 Å². The number of rotatable bonds is 9. The van der Waals surface area contributed by atoms with E-state index >= 15 is 0 Å². The predicted octanol–water partition coefficient (Wildman–Crippen LogP) is 3.50. The van der Waals surface area contributed by atoms with Crippen molar-refractivity contribution in [3.8, 4) is 0 Å². The minimum Gasteiger partial charge on any atom is -0.370 e. The number of hydrogen-bond acceptors (Lipinski definition) is 2. The van der Waals surface area contributed by atoms with Crippen LogP contribution in [-0.2, 0) is 4.74 Å². The molecule has 0 aromatic rings. The fourth-order valence-corrected chi connectivity index (χ4v) is 1.80. The normalized spacial score (nSPS) is 15.9. The van der Waals surface area contributed by atoms with Gasteiger partial charge in [-0.2, -0.15) is 13.2 Å². The van der Waals surface area contributed by atoms with Gasteiger partial charge in [0.15, 0.2) is 0 Å². The molecule has 2 N–H and O–H groups in total. The largest absolute Gasteiger partial charge is 0.411 e. The highest BCUT2D eigenvalue weighted by molar-refractivity contribution is 4.67. The van der Waals surface area contributed by atoms with Crippen molar-refractivity contribution in [2.75, 3.05) is 13.2 Å². The lowest BCUT2D eigenvalue weighted by Crippen LogP contribution is -2.31. The van der Waals surface area contributed by atoms with E-state index in [2.05, 4.69) is 18.6 Å². The van der Waals surface area contributed by atoms with Crippen LogP contribution in [0.5, 0.6) is 0 Å². The van der Waals surface area contributed by atoms with E-state index < -0.39 is 12.8 Å². The summed E-state index contributed by atoms with van der Waals surface area (Å²) < 4.78 is 40.1. The summed E-state index contributed by atoms with van der Waals surface area (Å²) in [5, 5.41) is 0. The van der Waals surface area contributed by atoms with Gasteiger partial charge in [-0.25, -0.2) is 0 Å². The summed E-state index contributed by atoms with van der Waals surface area (Å²) in [7, 11) is 0. The highest BCUT2D eigenvalue weighted by Crippen LogP contribution is 2.19. The van der Waals surface area contributed by atoms with Gasteiger partial charge >= 0.3 is 6.18 Å². The van der Waals surface area contributed by atoms with E-state index in [1.54, 1.807) is 0 Å². The first-order valence-electron chi connectivity index (χ1n) is 6.29. The molecule has 0 aliphatic rings. The second-order valence-electron chi connectivity index (χ2n) is 4.54. The van der Waals surface area contributed by atoms with Gasteiger partial charge in [-0.05, 0) is 12.3 Å². The molecule has 5 heteroatoms. The lowest BCUT2D eigenvalue weighted by molar-refractivity contribution is -0.174. The van der Waals surface area contributed by atoms with Crippen molar-refractivity contribution >= 4 is 0 Å². The van der Waals surface area contributed by atoms with Gasteiger partial charge in [0.25, 0.3) is 0 Å². The van der Waals surface area contributed by atoms with E-state index in [0.717, 1.165) is 32.1 Å². The van der Waals surface area contributed by atoms with Gasteiger partial charge in [-0.3, -0.25) is 0 Å². The quantitative estimate of drug-likeness (QED) is 0.684. The van der Waals surface area contributed by atoms with Gasteiger partial charge in [0.1, 0.15) is 6.61 Å². The number of halogens is 3. The smallest absolute Gasteiger partial charge is 0.370 e. The molecule has 0 aromatic heterocycles. The molecule has 0 aliphatic carbocycles. The summed E-state index contributed by atoms with van der Waals surface area (Å²) in [4.78, 5) is 0. The van der Waals surface area contributed by atoms with Crippen LogP contribution in [0.25, 0.3) is 0 Å². The van der Waals surface area contributed by atoms with Crippen molar-refractivity contribution in [3.05, 3.63) is 0 Å². The van der Waals surface area contributed by atoms with Crippen molar-refractivity contribution in [1.29, 1.82) is 0 Å². The monoisotopic (exact) mass is 255 g/mol. The van der Waals surface area contributed by atoms with Crippen LogP contribution in [0, 0.1) is 5.92 Å². The molecule has 2 atom stereocenters. The summed E-state index contributed by atoms with van der Waals surface area (Å²) in [5.41, 5.74) is 5.76. The Bertz CT molecular complexity index is 185. The Labute approximate surface area is 102 Å². The molecule has 0 rings (SSSR count). The Balaban J connectivity index is 3.71. The van der Waals surface area contributed by atoms with Gasteiger partial charge in [0.05, 0.1) is 6.61 Å². The molecular formula is C12H24F3NO. The van der Waals surface area contributed by atoms with E-state index in [4.69, 9.17) is 5.73 Å². The molecule has 0 radical (unpaired) electrons. The maximum Gasteiger partial charge on any atom is 0.411 e. The van der Waals surface area contributed by atoms with Gasteiger partial charge in [-0.1, -0.05) is 39.5 Å². The molecule has 17 heavy (non-hydrogen) atoms. The predicted molar refractivity (Wildman–Crippen MR) is 62.8 cm³/mol. The Morgan fingerprint density at radius 3 is 2.35 bits per heavy atom. The van der Waals surface area contributed by atoms with Gasteiger partial charge in [0, 0.05) is 6.04 Å². The average molecular weight is 255 g/mol. The Hall–Kier alpha value is -0.290. The topological polar surface area (TPSA) is 35.2 Å². The fourth-order valence-electron chi connectivity index (χ4n) is 1.80. The number of hydrogen-bond donors (Lipinski definition) is 1. The Kier molecular flexibility index (Phi) is 8.60. The van der Waals surface area contributed by atoms with Crippen LogP contribution in [0.4, 0.5) is 13.2 Å². The lowest BCUT2D eigenvalue weighted by atomic mass is 9.93. The van der Waals surface area contributed by atoms with Crippen LogP contribution >= 0.6 is 0 Å². The average Bonchev–Trinajstić information content (AvgIpc) is 2.22. The number of alkyl halides is 3. The summed E-state index contributed by atoms with van der Waals surface area (Å²) in [6.45, 7) is 3.00. The number of unbranched alkanes of at least 4 members (excludes halogenated alkanes) is 1. The van der Waals surface area contributed by atoms with Crippen molar-refractivity contribution in [2.24, 2.45) is 11.7 Å². The maximum absolute atomic E-state index is 11.8. The third-order valence-electron chi connectivity index (χ3n) is 2.78. The second kappa shape index (κ2) is 8.75. The minimum atomic E-state index is -4.26. The van der Waals surface area contributed by atoms with Gasteiger partial charge < -0.3 is 10.5 Å². The highest BCUT2D eigenvalue weighted by Gasteiger charge is 2.27. The molecule has 0 bridgehead atoms. The molecule has 104 valence electrons. The zero-order valence-corrected chi connectivity index (χ0v) is 10.7. The first kappa shape index (κ1) is 16.7. The van der Waals surface area contributed by atoms with Crippen LogP contribution in [0.15, 0.2) is 0 Å². The number of nitrogens with two attached hydrogens (primary N) is 1. The highest BCUT2D eigenvalue weighted by atomic mass is 19.4. The molecule has 0 fully saturated rings. The van der Waals surface area contributed by atoms with Crippen LogP contribution in [0.2, 0.25) is 0 Å². The third-order valence-corrected chi connectivity index (χ3v) is 2.78. The second-order valence-corrected chi connectivity index (χ2v) is 4.54. The Morgan fingerprint density at radius 2 is 1.88 bits per heavy atom. The van der Waals surface area contributed by atoms with Crippen molar-refractivity contribution < 1.29 is 17.9 Å². The van der Waals surface area contributed by atoms with Crippen molar-refractivity contribution in [2.45, 2.75) is 58.2 Å². The molecule has 0 saturated carbocycles. The van der Waals surface area contributed by atoms with Crippen molar-refractivity contribution in [3.63, 3.8) is 0 Å². The van der Waals surface area contributed by atoms with Crippen LogP contribution in [0.1, 0.15) is 46.0 Å². The van der Waals surface area contributed by atoms with E-state index in [1.807, 2.05) is 0 Å². The van der Waals surface area contributed by atoms with E-state index in [9.17, 15) is 13.2 Å². The summed E-state index contributed by atoms with van der Waals surface area (Å²) in [5.74, 6) is 0.499. The molecule has 0 aromatic carbocycles. The molecule has 2 unspecified atom stereocenters. The van der Waals surface area contributed by atoms with Gasteiger partial charge in [-0.15, -0.1) is 0 Å². The summed E-state index contributed by atoms with van der Waals surface area (Å²) in [6, 6.07) is -0.292. The SMILES string of the molecule is CCCCC(CC)CC(N)COCC(F)(F)F. The zero-order chi connectivity index (χ0) is 13.3. The molecule has 0 amide bonds. The maximum atomic E-state index is 11.8. The standard InChI is InChI=1S/C12H24F3NO/c1-3-5-6-10(4-2)7-11(16)8-17-9-12(13,14)15/h10-11H,3-9,16H2,1-2H3. The fraction of sp³-hybridized carbons (Fsp3) is 1.00. The van der Waals surface area contributed by atoms with Crippen LogP contribution in [0.3, 0.4) is 0 Å². The third kappa shape index (κ3) is 10.6. The van der Waals surface area contributed by atoms with E-state index in [-0.39, 0.29) is 12.6 Å². The molecule has 0 aliphatic heterocycles. The van der Waals surface area contributed by atoms with Crippen LogP contribution < -0.4 is 5.73 Å². The number of ether oxygens (including phenoxy) is 1. The first-order valence-corrected chi connectivity index (χ1v) is 6.29. The molecular weight excluding hydrogens is 231 g/mol. The molecule has 0 spiro atoms. The van der Waals surface area contributed by atoms with Crippen LogP contribution in [-0.4, -0.2) is 25.4 Å². The Morgan fingerprint density at radius 1 is 1.24 bits per heavy atom.